The molecular formula is C26H29N5O2. The summed E-state index contributed by atoms with van der Waals surface area (Å²) in [6, 6.07) is 13.4. The monoisotopic (exact) mass is 443 g/mol. The molecular weight excluding hydrogens is 414 g/mol. The zero-order valence-electron chi connectivity index (χ0n) is 20.0. The fraction of sp³-hybridized carbons (Fsp3) is 0.308. The van der Waals surface area contributed by atoms with Crippen molar-refractivity contribution in [1.82, 2.24) is 4.90 Å². The van der Waals surface area contributed by atoms with E-state index in [0.29, 0.717) is 22.7 Å². The van der Waals surface area contributed by atoms with Crippen LogP contribution in [0.25, 0.3) is 0 Å². The zero-order chi connectivity index (χ0) is 23.9. The van der Waals surface area contributed by atoms with Crippen molar-refractivity contribution in [2.45, 2.75) is 34.6 Å². The van der Waals surface area contributed by atoms with E-state index >= 15 is 0 Å². The fourth-order valence-electron chi connectivity index (χ4n) is 4.36. The summed E-state index contributed by atoms with van der Waals surface area (Å²) in [7, 11) is 1.63. The van der Waals surface area contributed by atoms with Gasteiger partial charge in [0.15, 0.2) is 5.84 Å². The molecule has 0 spiro atoms. The number of rotatable bonds is 5. The molecule has 0 unspecified atom stereocenters. The standard InChI is InChI=1S/C26H29N5O2/c1-7-30(8-2)20-14-16(3)22(17(4)15-20)27-23-18(5)21-24(29(6)26(23)33)28-31(25(21)32)19-12-10-9-11-13-19/h9-15H,7-8H2,1-6H3. The molecule has 2 amide bonds. The smallest absolute Gasteiger partial charge is 0.282 e. The minimum absolute atomic E-state index is 0.258. The molecule has 170 valence electrons. The first-order chi connectivity index (χ1) is 15.8. The molecule has 2 aromatic rings. The highest BCUT2D eigenvalue weighted by Crippen LogP contribution is 2.33. The molecule has 0 aliphatic carbocycles. The average molecular weight is 444 g/mol. The number of benzene rings is 2. The number of hydrazone groups is 1. The van der Waals surface area contributed by atoms with E-state index in [0.717, 1.165) is 35.6 Å². The highest BCUT2D eigenvalue weighted by molar-refractivity contribution is 6.54. The molecule has 33 heavy (non-hydrogen) atoms. The fourth-order valence-corrected chi connectivity index (χ4v) is 4.36. The van der Waals surface area contributed by atoms with Gasteiger partial charge in [0.2, 0.25) is 0 Å². The number of carbonyl (C=O) groups excluding carboxylic acids is 2. The molecule has 0 aromatic heterocycles. The van der Waals surface area contributed by atoms with Gasteiger partial charge >= 0.3 is 0 Å². The second kappa shape index (κ2) is 8.65. The number of para-hydroxylation sites is 1. The third-order valence-electron chi connectivity index (χ3n) is 6.21. The number of aryl methyl sites for hydroxylation is 2. The molecule has 0 radical (unpaired) electrons. The minimum atomic E-state index is -0.274. The highest BCUT2D eigenvalue weighted by Gasteiger charge is 2.42. The van der Waals surface area contributed by atoms with Crippen LogP contribution in [-0.2, 0) is 9.59 Å². The van der Waals surface area contributed by atoms with Crippen LogP contribution < -0.4 is 9.91 Å². The Morgan fingerprint density at radius 1 is 0.939 bits per heavy atom. The van der Waals surface area contributed by atoms with Crippen LogP contribution in [0.2, 0.25) is 0 Å². The van der Waals surface area contributed by atoms with Gasteiger partial charge in [-0.15, -0.1) is 5.10 Å². The van der Waals surface area contributed by atoms with Gasteiger partial charge < -0.3 is 4.90 Å². The molecule has 2 aliphatic rings. The van der Waals surface area contributed by atoms with Gasteiger partial charge in [-0.2, -0.15) is 5.01 Å². The van der Waals surface area contributed by atoms with Crippen LogP contribution in [0.5, 0.6) is 0 Å². The molecule has 0 atom stereocenters. The number of amidine groups is 1. The van der Waals surface area contributed by atoms with Gasteiger partial charge in [-0.3, -0.25) is 14.5 Å². The van der Waals surface area contributed by atoms with Crippen LogP contribution in [-0.4, -0.2) is 48.4 Å². The van der Waals surface area contributed by atoms with Crippen LogP contribution >= 0.6 is 0 Å². The Hall–Kier alpha value is -3.74. The summed E-state index contributed by atoms with van der Waals surface area (Å²) < 4.78 is 0. The SMILES string of the molecule is CCN(CC)c1cc(C)c(N=C2C(=O)N(C)C3=NN(c4ccccc4)C(=O)C3=C2C)c(C)c1. The van der Waals surface area contributed by atoms with Gasteiger partial charge in [-0.05, 0) is 75.6 Å². The summed E-state index contributed by atoms with van der Waals surface area (Å²) in [5.74, 6) is -0.175. The van der Waals surface area contributed by atoms with E-state index in [-0.39, 0.29) is 17.5 Å². The van der Waals surface area contributed by atoms with Crippen molar-refractivity contribution in [1.29, 1.82) is 0 Å². The molecule has 0 bridgehead atoms. The predicted octanol–water partition coefficient (Wildman–Crippen LogP) is 4.37. The molecule has 0 saturated heterocycles. The number of likely N-dealkylation sites (N-methyl/N-ethyl adjacent to an activating group) is 1. The summed E-state index contributed by atoms with van der Waals surface area (Å²) in [6.07, 6.45) is 0. The summed E-state index contributed by atoms with van der Waals surface area (Å²) in [5, 5.41) is 5.80. The quantitative estimate of drug-likeness (QED) is 0.689. The third-order valence-corrected chi connectivity index (χ3v) is 6.21. The maximum Gasteiger partial charge on any atom is 0.282 e. The van der Waals surface area contributed by atoms with Gasteiger partial charge in [-0.1, -0.05) is 18.2 Å². The van der Waals surface area contributed by atoms with Crippen molar-refractivity contribution in [3.8, 4) is 0 Å². The van der Waals surface area contributed by atoms with Crippen LogP contribution in [0, 0.1) is 13.8 Å². The molecule has 2 aliphatic heterocycles. The highest BCUT2D eigenvalue weighted by atomic mass is 16.2. The van der Waals surface area contributed by atoms with E-state index in [9.17, 15) is 9.59 Å². The second-order valence-electron chi connectivity index (χ2n) is 8.30. The van der Waals surface area contributed by atoms with E-state index in [2.05, 4.69) is 36.0 Å². The number of carbonyl (C=O) groups is 2. The molecule has 0 saturated carbocycles. The van der Waals surface area contributed by atoms with Gasteiger partial charge in [0.05, 0.1) is 16.9 Å². The Morgan fingerprint density at radius 2 is 1.55 bits per heavy atom. The van der Waals surface area contributed by atoms with E-state index in [1.807, 2.05) is 44.2 Å². The molecule has 0 fully saturated rings. The lowest BCUT2D eigenvalue weighted by Crippen LogP contribution is -2.44. The third kappa shape index (κ3) is 3.73. The predicted molar refractivity (Wildman–Crippen MR) is 133 cm³/mol. The van der Waals surface area contributed by atoms with Crippen molar-refractivity contribution in [3.05, 3.63) is 64.7 Å². The van der Waals surface area contributed by atoms with Crippen LogP contribution in [0.4, 0.5) is 17.1 Å². The Bertz CT molecular complexity index is 1200. The first-order valence-corrected chi connectivity index (χ1v) is 11.2. The molecule has 7 nitrogen and oxygen atoms in total. The summed E-state index contributed by atoms with van der Waals surface area (Å²) in [4.78, 5) is 35.0. The molecule has 0 N–H and O–H groups in total. The Labute approximate surface area is 194 Å². The molecule has 4 rings (SSSR count). The van der Waals surface area contributed by atoms with E-state index in [1.165, 1.54) is 9.91 Å². The Morgan fingerprint density at radius 3 is 2.12 bits per heavy atom. The summed E-state index contributed by atoms with van der Waals surface area (Å²) in [5.41, 5.74) is 5.76. The van der Waals surface area contributed by atoms with E-state index < -0.39 is 0 Å². The number of fused-ring (bicyclic) bond motifs is 1. The van der Waals surface area contributed by atoms with Crippen LogP contribution in [0.15, 0.2) is 63.7 Å². The summed E-state index contributed by atoms with van der Waals surface area (Å²) >= 11 is 0. The van der Waals surface area contributed by atoms with Gasteiger partial charge in [0, 0.05) is 25.8 Å². The lowest BCUT2D eigenvalue weighted by Gasteiger charge is -2.25. The number of anilines is 2. The van der Waals surface area contributed by atoms with E-state index in [1.54, 1.807) is 14.0 Å². The van der Waals surface area contributed by atoms with Crippen molar-refractivity contribution < 1.29 is 9.59 Å². The zero-order valence-corrected chi connectivity index (χ0v) is 20.0. The van der Waals surface area contributed by atoms with Crippen molar-refractivity contribution in [2.24, 2.45) is 10.1 Å². The van der Waals surface area contributed by atoms with Crippen LogP contribution in [0.3, 0.4) is 0 Å². The minimum Gasteiger partial charge on any atom is -0.372 e. The Balaban J connectivity index is 1.80. The normalized spacial score (nSPS) is 17.2. The first kappa shape index (κ1) is 22.5. The number of aliphatic imine (C=N–C) groups is 1. The number of hydrogen-bond acceptors (Lipinski definition) is 5. The number of hydrogen-bond donors (Lipinski definition) is 0. The number of amides is 2. The van der Waals surface area contributed by atoms with Gasteiger partial charge in [-0.25, -0.2) is 4.99 Å². The molecule has 2 heterocycles. The Kier molecular flexibility index (Phi) is 5.89. The lowest BCUT2D eigenvalue weighted by atomic mass is 9.97. The largest absolute Gasteiger partial charge is 0.372 e. The maximum atomic E-state index is 13.3. The number of nitrogens with zero attached hydrogens (tertiary/aromatic N) is 5. The van der Waals surface area contributed by atoms with Crippen molar-refractivity contribution >= 4 is 40.4 Å². The topological polar surface area (TPSA) is 68.6 Å². The maximum absolute atomic E-state index is 13.3. The van der Waals surface area contributed by atoms with Gasteiger partial charge in [0.25, 0.3) is 11.8 Å². The van der Waals surface area contributed by atoms with Gasteiger partial charge in [0.1, 0.15) is 5.71 Å². The van der Waals surface area contributed by atoms with Crippen molar-refractivity contribution in [3.63, 3.8) is 0 Å². The van der Waals surface area contributed by atoms with E-state index in [4.69, 9.17) is 4.99 Å². The molecule has 2 aromatic carbocycles. The molecule has 7 heteroatoms. The average Bonchev–Trinajstić information content (AvgIpc) is 3.15. The van der Waals surface area contributed by atoms with Crippen LogP contribution in [0.1, 0.15) is 31.9 Å². The second-order valence-corrected chi connectivity index (χ2v) is 8.30. The first-order valence-electron chi connectivity index (χ1n) is 11.2. The lowest BCUT2D eigenvalue weighted by molar-refractivity contribution is -0.119. The summed E-state index contributed by atoms with van der Waals surface area (Å²) in [6.45, 7) is 11.9. The van der Waals surface area contributed by atoms with Crippen molar-refractivity contribution in [2.75, 3.05) is 30.0 Å².